The molecule has 18 heavy (non-hydrogen) atoms. The summed E-state index contributed by atoms with van der Waals surface area (Å²) in [5, 5.41) is 13.4. The maximum atomic E-state index is 12.3. The molecule has 2 heterocycles. The average molecular weight is 251 g/mol. The van der Waals surface area contributed by atoms with Gasteiger partial charge in [0.25, 0.3) is 5.91 Å². The lowest BCUT2D eigenvalue weighted by Gasteiger charge is -2.32. The Balaban J connectivity index is 2.01. The number of piperidine rings is 1. The highest BCUT2D eigenvalue weighted by Gasteiger charge is 2.25. The molecular weight excluding hydrogens is 230 g/mol. The van der Waals surface area contributed by atoms with Crippen LogP contribution in [0.1, 0.15) is 37.2 Å². The summed E-state index contributed by atoms with van der Waals surface area (Å²) in [6, 6.07) is 0.184. The first-order chi connectivity index (χ1) is 8.68. The number of carbonyl (C=O) groups is 1. The topological polar surface area (TPSA) is 73.9 Å². The molecule has 100 valence electrons. The van der Waals surface area contributed by atoms with E-state index in [0.717, 1.165) is 32.5 Å². The lowest BCUT2D eigenvalue weighted by atomic mass is 9.97. The predicted molar refractivity (Wildman–Crippen MR) is 68.1 cm³/mol. The van der Waals surface area contributed by atoms with Crippen LogP contribution in [0.15, 0.2) is 6.20 Å². The third-order valence-corrected chi connectivity index (χ3v) is 3.43. The molecule has 0 aliphatic carbocycles. The maximum Gasteiger partial charge on any atom is 0.276 e. The number of aromatic nitrogens is 3. The van der Waals surface area contributed by atoms with Crippen molar-refractivity contribution in [3.8, 4) is 0 Å². The molecule has 0 saturated carbocycles. The zero-order valence-electron chi connectivity index (χ0n) is 11.0. The van der Waals surface area contributed by atoms with Crippen molar-refractivity contribution in [2.45, 2.75) is 32.7 Å². The second kappa shape index (κ2) is 5.95. The minimum atomic E-state index is -0.0303. The first-order valence-corrected chi connectivity index (χ1v) is 6.56. The van der Waals surface area contributed by atoms with Gasteiger partial charge >= 0.3 is 0 Å². The minimum Gasteiger partial charge on any atom is -0.334 e. The number of hydrogen-bond acceptors (Lipinski definition) is 4. The molecule has 0 spiro atoms. The standard InChI is InChI=1S/C12H21N5O/c1-9(2)17(8-10-3-5-13-6-4-10)12(18)11-7-14-16-15-11/h7,9-10,13H,3-6,8H2,1-2H3,(H,14,15,16). The van der Waals surface area contributed by atoms with Gasteiger partial charge in [-0.25, -0.2) is 0 Å². The van der Waals surface area contributed by atoms with Crippen molar-refractivity contribution < 1.29 is 4.79 Å². The molecule has 1 saturated heterocycles. The second-order valence-electron chi connectivity index (χ2n) is 5.10. The molecule has 2 rings (SSSR count). The highest BCUT2D eigenvalue weighted by Crippen LogP contribution is 2.16. The number of aromatic amines is 1. The van der Waals surface area contributed by atoms with Crippen molar-refractivity contribution >= 4 is 5.91 Å². The van der Waals surface area contributed by atoms with Crippen molar-refractivity contribution in [2.75, 3.05) is 19.6 Å². The molecule has 1 fully saturated rings. The van der Waals surface area contributed by atoms with Gasteiger partial charge in [0.2, 0.25) is 0 Å². The smallest absolute Gasteiger partial charge is 0.276 e. The van der Waals surface area contributed by atoms with Crippen LogP contribution < -0.4 is 5.32 Å². The number of nitrogens with zero attached hydrogens (tertiary/aromatic N) is 3. The summed E-state index contributed by atoms with van der Waals surface area (Å²) in [5.41, 5.74) is 0.401. The van der Waals surface area contributed by atoms with Gasteiger partial charge < -0.3 is 10.2 Å². The summed E-state index contributed by atoms with van der Waals surface area (Å²) in [5.74, 6) is 0.557. The number of nitrogens with one attached hydrogen (secondary N) is 2. The van der Waals surface area contributed by atoms with Gasteiger partial charge in [-0.15, -0.1) is 0 Å². The van der Waals surface area contributed by atoms with E-state index in [-0.39, 0.29) is 11.9 Å². The summed E-state index contributed by atoms with van der Waals surface area (Å²) >= 11 is 0. The maximum absolute atomic E-state index is 12.3. The molecule has 6 nitrogen and oxygen atoms in total. The minimum absolute atomic E-state index is 0.0303. The number of amides is 1. The Kier molecular flexibility index (Phi) is 4.30. The van der Waals surface area contributed by atoms with E-state index in [2.05, 4.69) is 20.7 Å². The molecule has 2 N–H and O–H groups in total. The fourth-order valence-electron chi connectivity index (χ4n) is 2.32. The Morgan fingerprint density at radius 3 is 2.78 bits per heavy atom. The Bertz CT molecular complexity index is 370. The monoisotopic (exact) mass is 251 g/mol. The third kappa shape index (κ3) is 3.07. The third-order valence-electron chi connectivity index (χ3n) is 3.43. The molecule has 0 unspecified atom stereocenters. The molecule has 1 aliphatic heterocycles. The van der Waals surface area contributed by atoms with Crippen LogP contribution in [0.4, 0.5) is 0 Å². The summed E-state index contributed by atoms with van der Waals surface area (Å²) < 4.78 is 0. The van der Waals surface area contributed by atoms with Crippen molar-refractivity contribution in [3.05, 3.63) is 11.9 Å². The lowest BCUT2D eigenvalue weighted by Crippen LogP contribution is -2.43. The van der Waals surface area contributed by atoms with Gasteiger partial charge in [0, 0.05) is 12.6 Å². The van der Waals surface area contributed by atoms with E-state index in [9.17, 15) is 4.79 Å². The molecule has 0 radical (unpaired) electrons. The molecule has 0 bridgehead atoms. The Morgan fingerprint density at radius 2 is 2.22 bits per heavy atom. The number of hydrogen-bond donors (Lipinski definition) is 2. The van der Waals surface area contributed by atoms with E-state index in [0.29, 0.717) is 11.6 Å². The van der Waals surface area contributed by atoms with Crippen LogP contribution in [0.5, 0.6) is 0 Å². The number of carbonyl (C=O) groups excluding carboxylic acids is 1. The van der Waals surface area contributed by atoms with E-state index in [1.54, 1.807) is 0 Å². The van der Waals surface area contributed by atoms with Gasteiger partial charge in [-0.2, -0.15) is 15.4 Å². The van der Waals surface area contributed by atoms with Crippen LogP contribution >= 0.6 is 0 Å². The van der Waals surface area contributed by atoms with Crippen LogP contribution in [0.25, 0.3) is 0 Å². The normalized spacial score (nSPS) is 17.1. The van der Waals surface area contributed by atoms with Gasteiger partial charge in [-0.1, -0.05) is 0 Å². The SMILES string of the molecule is CC(C)N(CC1CCNCC1)C(=O)c1cn[nH]n1. The Hall–Kier alpha value is -1.43. The molecular formula is C12H21N5O. The van der Waals surface area contributed by atoms with Crippen LogP contribution in [-0.2, 0) is 0 Å². The summed E-state index contributed by atoms with van der Waals surface area (Å²) in [7, 11) is 0. The molecule has 0 atom stereocenters. The van der Waals surface area contributed by atoms with Crippen LogP contribution in [0.3, 0.4) is 0 Å². The highest BCUT2D eigenvalue weighted by atomic mass is 16.2. The van der Waals surface area contributed by atoms with E-state index in [1.165, 1.54) is 6.20 Å². The van der Waals surface area contributed by atoms with Gasteiger partial charge in [-0.05, 0) is 45.7 Å². The molecule has 1 aromatic heterocycles. The fraction of sp³-hybridized carbons (Fsp3) is 0.750. The van der Waals surface area contributed by atoms with Crippen LogP contribution in [0, 0.1) is 5.92 Å². The molecule has 1 aromatic rings. The first-order valence-electron chi connectivity index (χ1n) is 6.56. The fourth-order valence-corrected chi connectivity index (χ4v) is 2.32. The van der Waals surface area contributed by atoms with E-state index < -0.39 is 0 Å². The van der Waals surface area contributed by atoms with E-state index in [1.807, 2.05) is 18.7 Å². The Labute approximate surface area is 107 Å². The second-order valence-corrected chi connectivity index (χ2v) is 5.10. The van der Waals surface area contributed by atoms with Crippen molar-refractivity contribution in [1.29, 1.82) is 0 Å². The molecule has 6 heteroatoms. The van der Waals surface area contributed by atoms with Crippen LogP contribution in [-0.4, -0.2) is 51.9 Å². The average Bonchev–Trinajstić information content (AvgIpc) is 2.90. The number of rotatable bonds is 4. The van der Waals surface area contributed by atoms with Crippen molar-refractivity contribution in [3.63, 3.8) is 0 Å². The van der Waals surface area contributed by atoms with Gasteiger partial charge in [0.05, 0.1) is 6.20 Å². The van der Waals surface area contributed by atoms with Gasteiger partial charge in [0.1, 0.15) is 0 Å². The predicted octanol–water partition coefficient (Wildman–Crippen LogP) is 0.655. The van der Waals surface area contributed by atoms with Crippen molar-refractivity contribution in [1.82, 2.24) is 25.6 Å². The highest BCUT2D eigenvalue weighted by molar-refractivity contribution is 5.92. The number of H-pyrrole nitrogens is 1. The summed E-state index contributed by atoms with van der Waals surface area (Å²) in [4.78, 5) is 14.2. The zero-order chi connectivity index (χ0) is 13.0. The summed E-state index contributed by atoms with van der Waals surface area (Å²) in [6.45, 7) is 6.99. The lowest BCUT2D eigenvalue weighted by molar-refractivity contribution is 0.0652. The zero-order valence-corrected chi connectivity index (χ0v) is 11.0. The van der Waals surface area contributed by atoms with E-state index >= 15 is 0 Å². The molecule has 1 aliphatic rings. The Morgan fingerprint density at radius 1 is 1.50 bits per heavy atom. The molecule has 1 amide bonds. The quantitative estimate of drug-likeness (QED) is 0.824. The van der Waals surface area contributed by atoms with Gasteiger partial charge in [0.15, 0.2) is 5.69 Å². The van der Waals surface area contributed by atoms with E-state index in [4.69, 9.17) is 0 Å². The van der Waals surface area contributed by atoms with Gasteiger partial charge in [-0.3, -0.25) is 4.79 Å². The largest absolute Gasteiger partial charge is 0.334 e. The van der Waals surface area contributed by atoms with Crippen molar-refractivity contribution in [2.24, 2.45) is 5.92 Å². The molecule has 0 aromatic carbocycles. The van der Waals surface area contributed by atoms with Crippen LogP contribution in [0.2, 0.25) is 0 Å². The summed E-state index contributed by atoms with van der Waals surface area (Å²) in [6.07, 6.45) is 3.75. The first kappa shape index (κ1) is 13.0.